The van der Waals surface area contributed by atoms with E-state index in [1.165, 1.54) is 0 Å². The molecular formula is C12H15ClN2O. The maximum Gasteiger partial charge on any atom is 0.0992 e. The van der Waals surface area contributed by atoms with Crippen molar-refractivity contribution in [2.75, 3.05) is 18.5 Å². The van der Waals surface area contributed by atoms with E-state index in [-0.39, 0.29) is 12.0 Å². The number of benzene rings is 1. The number of nitrogens with one attached hydrogen (secondary N) is 1. The van der Waals surface area contributed by atoms with Gasteiger partial charge in [0, 0.05) is 18.6 Å². The van der Waals surface area contributed by atoms with Gasteiger partial charge in [-0.3, -0.25) is 0 Å². The molecule has 2 N–H and O–H groups in total. The second-order valence-electron chi connectivity index (χ2n) is 4.48. The maximum absolute atomic E-state index is 9.11. The summed E-state index contributed by atoms with van der Waals surface area (Å²) in [5.74, 6) is 0. The molecule has 3 nitrogen and oxygen atoms in total. The summed E-state index contributed by atoms with van der Waals surface area (Å²) in [6.45, 7) is 4.64. The van der Waals surface area contributed by atoms with Gasteiger partial charge in [-0.15, -0.1) is 0 Å². The van der Waals surface area contributed by atoms with E-state index >= 15 is 0 Å². The van der Waals surface area contributed by atoms with Crippen LogP contribution in [0.4, 0.5) is 5.69 Å². The summed E-state index contributed by atoms with van der Waals surface area (Å²) in [5.41, 5.74) is 1.12. The molecule has 0 radical (unpaired) electrons. The molecule has 0 amide bonds. The number of aliphatic hydroxyl groups is 1. The summed E-state index contributed by atoms with van der Waals surface area (Å²) in [6.07, 6.45) is 0. The van der Waals surface area contributed by atoms with Gasteiger partial charge in [-0.1, -0.05) is 25.4 Å². The lowest BCUT2D eigenvalue weighted by molar-refractivity contribution is 0.171. The van der Waals surface area contributed by atoms with E-state index in [0.717, 1.165) is 5.69 Å². The highest BCUT2D eigenvalue weighted by Gasteiger charge is 2.16. The van der Waals surface area contributed by atoms with Crippen molar-refractivity contribution in [1.29, 1.82) is 5.26 Å². The van der Waals surface area contributed by atoms with Gasteiger partial charge in [-0.05, 0) is 18.2 Å². The Morgan fingerprint density at radius 1 is 1.50 bits per heavy atom. The topological polar surface area (TPSA) is 56.0 Å². The van der Waals surface area contributed by atoms with Gasteiger partial charge in [0.25, 0.3) is 0 Å². The first kappa shape index (κ1) is 12.8. The normalized spacial score (nSPS) is 10.9. The molecule has 0 atom stereocenters. The lowest BCUT2D eigenvalue weighted by Crippen LogP contribution is -2.26. The predicted octanol–water partition coefficient (Wildman–Crippen LogP) is 2.64. The fourth-order valence-corrected chi connectivity index (χ4v) is 1.37. The number of hydrogen-bond acceptors (Lipinski definition) is 3. The Morgan fingerprint density at radius 3 is 2.69 bits per heavy atom. The van der Waals surface area contributed by atoms with Gasteiger partial charge < -0.3 is 10.4 Å². The number of aliphatic hydroxyl groups excluding tert-OH is 1. The second-order valence-corrected chi connectivity index (χ2v) is 4.89. The molecule has 0 aliphatic heterocycles. The zero-order valence-corrected chi connectivity index (χ0v) is 10.2. The summed E-state index contributed by atoms with van der Waals surface area (Å²) in [6, 6.07) is 7.13. The third kappa shape index (κ3) is 3.41. The SMILES string of the molecule is CC(C)(CO)CNc1ccc(C#N)cc1Cl. The lowest BCUT2D eigenvalue weighted by Gasteiger charge is -2.23. The first-order valence-corrected chi connectivity index (χ1v) is 5.41. The molecule has 0 fully saturated rings. The van der Waals surface area contributed by atoms with Crippen LogP contribution in [0.5, 0.6) is 0 Å². The minimum atomic E-state index is -0.197. The van der Waals surface area contributed by atoms with Gasteiger partial charge in [0.05, 0.1) is 22.3 Å². The van der Waals surface area contributed by atoms with Crippen LogP contribution in [-0.2, 0) is 0 Å². The Kier molecular flexibility index (Phi) is 4.17. The molecule has 0 spiro atoms. The highest BCUT2D eigenvalue weighted by atomic mass is 35.5. The minimum absolute atomic E-state index is 0.105. The van der Waals surface area contributed by atoms with Gasteiger partial charge in [0.2, 0.25) is 0 Å². The van der Waals surface area contributed by atoms with Crippen LogP contribution in [-0.4, -0.2) is 18.3 Å². The first-order chi connectivity index (χ1) is 7.48. The third-order valence-electron chi connectivity index (χ3n) is 2.28. The zero-order valence-electron chi connectivity index (χ0n) is 9.42. The molecule has 0 heterocycles. The summed E-state index contributed by atoms with van der Waals surface area (Å²) >= 11 is 6.00. The molecule has 0 aliphatic rings. The molecule has 0 bridgehead atoms. The van der Waals surface area contributed by atoms with Crippen LogP contribution in [0.3, 0.4) is 0 Å². The fourth-order valence-electron chi connectivity index (χ4n) is 1.12. The average molecular weight is 239 g/mol. The Balaban J connectivity index is 2.73. The summed E-state index contributed by atoms with van der Waals surface area (Å²) < 4.78 is 0. The van der Waals surface area contributed by atoms with E-state index in [9.17, 15) is 0 Å². The van der Waals surface area contributed by atoms with E-state index in [1.807, 2.05) is 19.9 Å². The Labute approximate surface area is 101 Å². The molecule has 0 saturated carbocycles. The third-order valence-corrected chi connectivity index (χ3v) is 2.60. The molecule has 0 aliphatic carbocycles. The molecule has 4 heteroatoms. The summed E-state index contributed by atoms with van der Waals surface area (Å²) in [7, 11) is 0. The van der Waals surface area contributed by atoms with E-state index in [0.29, 0.717) is 17.1 Å². The van der Waals surface area contributed by atoms with Gasteiger partial charge in [-0.2, -0.15) is 5.26 Å². The number of halogens is 1. The van der Waals surface area contributed by atoms with Crippen LogP contribution >= 0.6 is 11.6 Å². The first-order valence-electron chi connectivity index (χ1n) is 5.03. The van der Waals surface area contributed by atoms with Crippen molar-refractivity contribution < 1.29 is 5.11 Å². The average Bonchev–Trinajstić information content (AvgIpc) is 2.27. The van der Waals surface area contributed by atoms with Crippen molar-refractivity contribution >= 4 is 17.3 Å². The van der Waals surface area contributed by atoms with Gasteiger partial charge in [0.1, 0.15) is 0 Å². The van der Waals surface area contributed by atoms with E-state index in [2.05, 4.69) is 5.32 Å². The molecule has 1 aromatic rings. The standard InChI is InChI=1S/C12H15ClN2O/c1-12(2,8-16)7-15-11-4-3-9(6-14)5-10(11)13/h3-5,15-16H,7-8H2,1-2H3. The van der Waals surface area contributed by atoms with Crippen molar-refractivity contribution in [2.24, 2.45) is 5.41 Å². The van der Waals surface area contributed by atoms with Crippen molar-refractivity contribution in [3.05, 3.63) is 28.8 Å². The summed E-state index contributed by atoms with van der Waals surface area (Å²) in [5, 5.41) is 21.5. The van der Waals surface area contributed by atoms with Crippen LogP contribution in [0, 0.1) is 16.7 Å². The van der Waals surface area contributed by atoms with E-state index < -0.39 is 0 Å². The number of hydrogen-bond donors (Lipinski definition) is 2. The molecule has 86 valence electrons. The van der Waals surface area contributed by atoms with Crippen molar-refractivity contribution in [3.63, 3.8) is 0 Å². The van der Waals surface area contributed by atoms with E-state index in [1.54, 1.807) is 18.2 Å². The lowest BCUT2D eigenvalue weighted by atomic mass is 9.95. The highest BCUT2D eigenvalue weighted by Crippen LogP contribution is 2.24. The Morgan fingerprint density at radius 2 is 2.19 bits per heavy atom. The van der Waals surface area contributed by atoms with Gasteiger partial charge >= 0.3 is 0 Å². The zero-order chi connectivity index (χ0) is 12.2. The van der Waals surface area contributed by atoms with Crippen LogP contribution in [0.15, 0.2) is 18.2 Å². The molecule has 1 aromatic carbocycles. The van der Waals surface area contributed by atoms with Crippen molar-refractivity contribution in [3.8, 4) is 6.07 Å². The molecule has 0 unspecified atom stereocenters. The quantitative estimate of drug-likeness (QED) is 0.848. The second kappa shape index (κ2) is 5.20. The largest absolute Gasteiger partial charge is 0.396 e. The maximum atomic E-state index is 9.11. The van der Waals surface area contributed by atoms with E-state index in [4.69, 9.17) is 22.0 Å². The Hall–Kier alpha value is -1.24. The number of rotatable bonds is 4. The smallest absolute Gasteiger partial charge is 0.0992 e. The molecule has 0 aromatic heterocycles. The van der Waals surface area contributed by atoms with Crippen LogP contribution in [0.2, 0.25) is 5.02 Å². The van der Waals surface area contributed by atoms with Crippen molar-refractivity contribution in [2.45, 2.75) is 13.8 Å². The van der Waals surface area contributed by atoms with Gasteiger partial charge in [0.15, 0.2) is 0 Å². The van der Waals surface area contributed by atoms with Crippen LogP contribution in [0.25, 0.3) is 0 Å². The minimum Gasteiger partial charge on any atom is -0.396 e. The Bertz CT molecular complexity index is 410. The number of nitriles is 1. The molecular weight excluding hydrogens is 224 g/mol. The monoisotopic (exact) mass is 238 g/mol. The number of nitrogens with zero attached hydrogens (tertiary/aromatic N) is 1. The highest BCUT2D eigenvalue weighted by molar-refractivity contribution is 6.33. The van der Waals surface area contributed by atoms with Crippen molar-refractivity contribution in [1.82, 2.24) is 0 Å². The predicted molar refractivity (Wildman–Crippen MR) is 65.5 cm³/mol. The van der Waals surface area contributed by atoms with Crippen LogP contribution in [0.1, 0.15) is 19.4 Å². The fraction of sp³-hybridized carbons (Fsp3) is 0.417. The number of anilines is 1. The molecule has 0 saturated heterocycles. The van der Waals surface area contributed by atoms with Crippen LogP contribution < -0.4 is 5.32 Å². The summed E-state index contributed by atoms with van der Waals surface area (Å²) in [4.78, 5) is 0. The van der Waals surface area contributed by atoms with Gasteiger partial charge in [-0.25, -0.2) is 0 Å². The molecule has 16 heavy (non-hydrogen) atoms. The molecule has 1 rings (SSSR count).